The van der Waals surface area contributed by atoms with Gasteiger partial charge in [0, 0.05) is 14.2 Å². The molecule has 1 aliphatic heterocycles. The number of rotatable bonds is 2. The molecule has 1 saturated heterocycles. The predicted molar refractivity (Wildman–Crippen MR) is 80.8 cm³/mol. The molecule has 0 radical (unpaired) electrons. The predicted octanol–water partition coefficient (Wildman–Crippen LogP) is 0.190. The number of hydrogen-bond acceptors (Lipinski definition) is 2. The highest BCUT2D eigenvalue weighted by Gasteiger charge is 2.46. The molecule has 0 aromatic heterocycles. The highest BCUT2D eigenvalue weighted by atomic mass is 16.5. The summed E-state index contributed by atoms with van der Waals surface area (Å²) in [6.45, 7) is 2.99. The van der Waals surface area contributed by atoms with Crippen LogP contribution in [0.4, 0.5) is 0 Å². The molecule has 0 amide bonds. The van der Waals surface area contributed by atoms with Crippen LogP contribution >= 0.6 is 0 Å². The molecule has 1 fully saturated rings. The zero-order chi connectivity index (χ0) is 15.2. The smallest absolute Gasteiger partial charge is 0.200 e. The van der Waals surface area contributed by atoms with Crippen molar-refractivity contribution in [1.29, 1.82) is 0 Å². The average Bonchev–Trinajstić information content (AvgIpc) is 2.35. The van der Waals surface area contributed by atoms with Crippen molar-refractivity contribution in [1.82, 2.24) is 0 Å². The quantitative estimate of drug-likeness (QED) is 0.531. The van der Waals surface area contributed by atoms with E-state index >= 15 is 0 Å². The van der Waals surface area contributed by atoms with Crippen LogP contribution in [0.2, 0.25) is 0 Å². The number of quaternary nitrogens is 2. The monoisotopic (exact) mass is 280 g/mol. The summed E-state index contributed by atoms with van der Waals surface area (Å²) in [6.07, 6.45) is 0. The molecule has 1 rings (SSSR count). The van der Waals surface area contributed by atoms with E-state index in [1.807, 2.05) is 0 Å². The van der Waals surface area contributed by atoms with Crippen LogP contribution in [0, 0.1) is 23.7 Å². The van der Waals surface area contributed by atoms with E-state index in [2.05, 4.69) is 51.9 Å². The topological polar surface area (TPSA) is 18.5 Å². The molecule has 1 aliphatic rings. The van der Waals surface area contributed by atoms with Crippen LogP contribution in [0.5, 0.6) is 0 Å². The fourth-order valence-electron chi connectivity index (χ4n) is 2.49. The van der Waals surface area contributed by atoms with Gasteiger partial charge in [-0.2, -0.15) is 0 Å². The number of likely N-dealkylation sites (N-methyl/N-ethyl adjacent to an activating group) is 2. The Bertz CT molecular complexity index is 393. The number of nitrogens with zero attached hydrogens (tertiary/aromatic N) is 2. The lowest BCUT2D eigenvalue weighted by Crippen LogP contribution is -2.70. The number of hydrogen-bond donors (Lipinski definition) is 0. The summed E-state index contributed by atoms with van der Waals surface area (Å²) < 4.78 is 11.8. The molecule has 112 valence electrons. The van der Waals surface area contributed by atoms with Gasteiger partial charge in [-0.3, -0.25) is 0 Å². The minimum Gasteiger partial charge on any atom is -0.372 e. The van der Waals surface area contributed by atoms with Gasteiger partial charge in [-0.1, -0.05) is 11.8 Å². The second-order valence-corrected chi connectivity index (χ2v) is 6.46. The Morgan fingerprint density at radius 1 is 0.800 bits per heavy atom. The maximum atomic E-state index is 5.02. The van der Waals surface area contributed by atoms with Crippen molar-refractivity contribution in [2.75, 3.05) is 68.7 Å². The van der Waals surface area contributed by atoms with Crippen LogP contribution in [-0.2, 0) is 9.47 Å². The lowest BCUT2D eigenvalue weighted by molar-refractivity contribution is -1.02. The summed E-state index contributed by atoms with van der Waals surface area (Å²) in [7, 11) is 12.3. The molecular weight excluding hydrogens is 252 g/mol. The first kappa shape index (κ1) is 17.0. The Hall–Kier alpha value is -1.04. The van der Waals surface area contributed by atoms with Crippen molar-refractivity contribution in [3.63, 3.8) is 0 Å². The maximum Gasteiger partial charge on any atom is 0.200 e. The lowest BCUT2D eigenvalue weighted by atomic mass is 10.0. The minimum absolute atomic E-state index is 0.320. The highest BCUT2D eigenvalue weighted by molar-refractivity contribution is 5.10. The number of piperazine rings is 1. The van der Waals surface area contributed by atoms with Crippen LogP contribution in [0.15, 0.2) is 0 Å². The van der Waals surface area contributed by atoms with Crippen molar-refractivity contribution in [3.8, 4) is 23.7 Å². The second kappa shape index (κ2) is 7.11. The van der Waals surface area contributed by atoms with E-state index in [1.54, 1.807) is 14.2 Å². The van der Waals surface area contributed by atoms with Gasteiger partial charge >= 0.3 is 0 Å². The number of methoxy groups -OCH3 is 2. The summed E-state index contributed by atoms with van der Waals surface area (Å²) in [6, 6.07) is 0.640. The molecule has 0 saturated carbocycles. The molecule has 2 atom stereocenters. The molecule has 0 bridgehead atoms. The van der Waals surface area contributed by atoms with E-state index in [-0.39, 0.29) is 0 Å². The molecular formula is C16H28N2O2+2. The van der Waals surface area contributed by atoms with E-state index < -0.39 is 0 Å². The van der Waals surface area contributed by atoms with Crippen molar-refractivity contribution < 1.29 is 18.4 Å². The molecule has 0 N–H and O–H groups in total. The minimum atomic E-state index is 0.320. The Kier molecular flexibility index (Phi) is 6.05. The van der Waals surface area contributed by atoms with E-state index in [1.165, 1.54) is 0 Å². The molecule has 0 aromatic carbocycles. The molecule has 4 heteroatoms. The van der Waals surface area contributed by atoms with E-state index in [9.17, 15) is 0 Å². The Labute approximate surface area is 123 Å². The average molecular weight is 280 g/mol. The third kappa shape index (κ3) is 4.51. The molecule has 0 aliphatic carbocycles. The van der Waals surface area contributed by atoms with Crippen LogP contribution < -0.4 is 0 Å². The third-order valence-corrected chi connectivity index (χ3v) is 3.94. The molecule has 2 unspecified atom stereocenters. The summed E-state index contributed by atoms with van der Waals surface area (Å²) in [5, 5.41) is 0. The SMILES string of the molecule is COCC#CC1C[N+](C)(C)C(C#CCOC)C[N+]1(C)C. The molecule has 0 aromatic rings. The van der Waals surface area contributed by atoms with Gasteiger partial charge in [0.25, 0.3) is 0 Å². The van der Waals surface area contributed by atoms with Crippen LogP contribution in [0.3, 0.4) is 0 Å². The van der Waals surface area contributed by atoms with E-state index in [4.69, 9.17) is 9.47 Å². The molecule has 20 heavy (non-hydrogen) atoms. The number of ether oxygens (including phenoxy) is 2. The first-order valence-electron chi connectivity index (χ1n) is 6.93. The van der Waals surface area contributed by atoms with Crippen LogP contribution in [0.1, 0.15) is 0 Å². The zero-order valence-electron chi connectivity index (χ0n) is 13.7. The Morgan fingerprint density at radius 2 is 1.15 bits per heavy atom. The van der Waals surface area contributed by atoms with Crippen molar-refractivity contribution in [2.24, 2.45) is 0 Å². The van der Waals surface area contributed by atoms with Gasteiger partial charge < -0.3 is 18.4 Å². The van der Waals surface area contributed by atoms with Gasteiger partial charge in [-0.15, -0.1) is 0 Å². The fraction of sp³-hybridized carbons (Fsp3) is 0.750. The standard InChI is InChI=1S/C16H28N2O2/c1-17(2)13-16(10-8-12-20-6)18(3,4)14-15(17)9-7-11-19-5/h15-16H,11-14H2,1-6H3/q+2. The summed E-state index contributed by atoms with van der Waals surface area (Å²) in [5.74, 6) is 13.0. The largest absolute Gasteiger partial charge is 0.372 e. The normalized spacial score (nSPS) is 26.9. The van der Waals surface area contributed by atoms with Crippen molar-refractivity contribution >= 4 is 0 Å². The van der Waals surface area contributed by atoms with E-state index in [0.717, 1.165) is 22.1 Å². The lowest BCUT2D eigenvalue weighted by Gasteiger charge is -2.49. The molecule has 0 spiro atoms. The van der Waals surface area contributed by atoms with Crippen molar-refractivity contribution in [3.05, 3.63) is 0 Å². The van der Waals surface area contributed by atoms with Crippen LogP contribution in [0.25, 0.3) is 0 Å². The maximum absolute atomic E-state index is 5.02. The van der Waals surface area contributed by atoms with Gasteiger partial charge in [-0.25, -0.2) is 0 Å². The summed E-state index contributed by atoms with van der Waals surface area (Å²) >= 11 is 0. The fourth-order valence-corrected chi connectivity index (χ4v) is 2.49. The van der Waals surface area contributed by atoms with Crippen molar-refractivity contribution in [2.45, 2.75) is 12.1 Å². The first-order chi connectivity index (χ1) is 9.33. The van der Waals surface area contributed by atoms with Gasteiger partial charge in [0.2, 0.25) is 0 Å². The van der Waals surface area contributed by atoms with E-state index in [0.29, 0.717) is 25.3 Å². The van der Waals surface area contributed by atoms with Gasteiger partial charge in [0.15, 0.2) is 12.1 Å². The second-order valence-electron chi connectivity index (χ2n) is 6.46. The van der Waals surface area contributed by atoms with Gasteiger partial charge in [0.1, 0.15) is 26.3 Å². The highest BCUT2D eigenvalue weighted by Crippen LogP contribution is 2.23. The zero-order valence-corrected chi connectivity index (χ0v) is 13.7. The van der Waals surface area contributed by atoms with Crippen LogP contribution in [-0.4, -0.2) is 89.8 Å². The first-order valence-corrected chi connectivity index (χ1v) is 6.93. The summed E-state index contributed by atoms with van der Waals surface area (Å²) in [5.41, 5.74) is 0. The Morgan fingerprint density at radius 3 is 1.45 bits per heavy atom. The summed E-state index contributed by atoms with van der Waals surface area (Å²) in [4.78, 5) is 0. The van der Waals surface area contributed by atoms with Gasteiger partial charge in [0.05, 0.1) is 28.2 Å². The molecule has 4 nitrogen and oxygen atoms in total. The Balaban J connectivity index is 2.86. The van der Waals surface area contributed by atoms with Gasteiger partial charge in [-0.05, 0) is 11.8 Å². The molecule has 1 heterocycles. The third-order valence-electron chi connectivity index (χ3n) is 3.94.